The van der Waals surface area contributed by atoms with Crippen LogP contribution < -0.4 is 16.8 Å². The molecular weight excluding hydrogens is 436 g/mol. The number of carbonyl (C=O) groups is 2. The first-order chi connectivity index (χ1) is 15.9. The number of fused-ring (bicyclic) bond motifs is 2. The molecule has 2 heterocycles. The zero-order valence-electron chi connectivity index (χ0n) is 17.7. The Balaban J connectivity index is 1.57. The van der Waals surface area contributed by atoms with Crippen molar-refractivity contribution < 1.29 is 9.59 Å². The summed E-state index contributed by atoms with van der Waals surface area (Å²) in [6, 6.07) is 18.3. The van der Waals surface area contributed by atoms with E-state index in [-0.39, 0.29) is 0 Å². The van der Waals surface area contributed by atoms with Gasteiger partial charge in [0.15, 0.2) is 0 Å². The van der Waals surface area contributed by atoms with Crippen molar-refractivity contribution >= 4 is 56.0 Å². The van der Waals surface area contributed by atoms with Gasteiger partial charge in [-0.05, 0) is 67.1 Å². The zero-order valence-corrected chi connectivity index (χ0v) is 18.5. The summed E-state index contributed by atoms with van der Waals surface area (Å²) < 4.78 is 3.17. The van der Waals surface area contributed by atoms with Gasteiger partial charge in [0.2, 0.25) is 17.8 Å². The van der Waals surface area contributed by atoms with Gasteiger partial charge < -0.3 is 21.4 Å². The lowest BCUT2D eigenvalue weighted by Gasteiger charge is -2.12. The summed E-state index contributed by atoms with van der Waals surface area (Å²) in [5, 5.41) is 4.34. The van der Waals surface area contributed by atoms with Crippen molar-refractivity contribution in [3.63, 3.8) is 0 Å². The zero-order chi connectivity index (χ0) is 23.1. The minimum atomic E-state index is -0.506. The Morgan fingerprint density at radius 3 is 2.36 bits per heavy atom. The maximum atomic E-state index is 11.7. The van der Waals surface area contributed by atoms with Gasteiger partial charge in [0.1, 0.15) is 0 Å². The molecule has 2 amide bonds. The van der Waals surface area contributed by atoms with Gasteiger partial charge in [0.25, 0.3) is 0 Å². The monoisotopic (exact) mass is 456 g/mol. The largest absolute Gasteiger partial charge is 0.366 e. The fourth-order valence-corrected chi connectivity index (χ4v) is 4.64. The first-order valence-corrected chi connectivity index (χ1v) is 11.0. The Morgan fingerprint density at radius 2 is 1.64 bits per heavy atom. The molecule has 164 valence electrons. The van der Waals surface area contributed by atoms with E-state index in [0.717, 1.165) is 32.0 Å². The number of primary amides is 2. The summed E-state index contributed by atoms with van der Waals surface area (Å²) in [7, 11) is 0. The molecular formula is C24H20N6O2S. The lowest BCUT2D eigenvalue weighted by molar-refractivity contribution is 0.0992. The minimum Gasteiger partial charge on any atom is -0.366 e. The van der Waals surface area contributed by atoms with Crippen LogP contribution in [0.1, 0.15) is 31.3 Å². The van der Waals surface area contributed by atoms with Gasteiger partial charge in [0, 0.05) is 16.8 Å². The Kier molecular flexibility index (Phi) is 5.02. The van der Waals surface area contributed by atoms with Crippen LogP contribution in [-0.4, -0.2) is 26.3 Å². The predicted octanol–water partition coefficient (Wildman–Crippen LogP) is 3.94. The van der Waals surface area contributed by atoms with Gasteiger partial charge in [-0.25, -0.2) is 9.97 Å². The molecule has 33 heavy (non-hydrogen) atoms. The molecule has 0 saturated heterocycles. The van der Waals surface area contributed by atoms with Crippen molar-refractivity contribution in [3.05, 3.63) is 82.4 Å². The van der Waals surface area contributed by atoms with Gasteiger partial charge in [-0.15, -0.1) is 11.3 Å². The number of imidazole rings is 1. The van der Waals surface area contributed by atoms with E-state index in [4.69, 9.17) is 16.5 Å². The first kappa shape index (κ1) is 20.7. The van der Waals surface area contributed by atoms with Crippen LogP contribution in [0.2, 0.25) is 0 Å². The minimum absolute atomic E-state index is 0.395. The molecule has 5 aromatic rings. The van der Waals surface area contributed by atoms with Crippen molar-refractivity contribution in [1.29, 1.82) is 0 Å². The maximum absolute atomic E-state index is 11.7. The molecule has 0 unspecified atom stereocenters. The average molecular weight is 457 g/mol. The highest BCUT2D eigenvalue weighted by molar-refractivity contribution is 7.18. The van der Waals surface area contributed by atoms with E-state index in [1.807, 2.05) is 23.6 Å². The second-order valence-electron chi connectivity index (χ2n) is 7.69. The molecule has 2 aromatic heterocycles. The summed E-state index contributed by atoms with van der Waals surface area (Å²) in [5.41, 5.74) is 16.0. The van der Waals surface area contributed by atoms with Crippen LogP contribution in [0.3, 0.4) is 0 Å². The highest BCUT2D eigenvalue weighted by Gasteiger charge is 2.14. The van der Waals surface area contributed by atoms with Crippen LogP contribution in [0.5, 0.6) is 0 Å². The number of benzene rings is 3. The third-order valence-electron chi connectivity index (χ3n) is 5.36. The van der Waals surface area contributed by atoms with Gasteiger partial charge in [-0.2, -0.15) is 0 Å². The SMILES string of the molecule is Cc1nc2ccc(Cn3c(Nc4ccc(C(N)=O)cc4)nc4cc(C(N)=O)ccc43)cc2s1. The Hall–Kier alpha value is -4.24. The highest BCUT2D eigenvalue weighted by atomic mass is 32.1. The molecule has 9 heteroatoms. The smallest absolute Gasteiger partial charge is 0.248 e. The number of hydrogen-bond donors (Lipinski definition) is 3. The number of nitrogens with zero attached hydrogens (tertiary/aromatic N) is 3. The summed E-state index contributed by atoms with van der Waals surface area (Å²) in [6.07, 6.45) is 0. The number of carbonyl (C=O) groups excluding carboxylic acids is 2. The molecule has 5 rings (SSSR count). The standard InChI is InChI=1S/C24H20N6O2S/c1-13-27-18-8-2-14(10-21(18)33-13)12-30-20-9-5-16(23(26)32)11-19(20)29-24(30)28-17-6-3-15(4-7-17)22(25)31/h2-11H,12H2,1H3,(H2,25,31)(H2,26,32)(H,28,29). The van der Waals surface area contributed by atoms with Gasteiger partial charge in [-0.1, -0.05) is 6.07 Å². The van der Waals surface area contributed by atoms with E-state index >= 15 is 0 Å². The maximum Gasteiger partial charge on any atom is 0.248 e. The van der Waals surface area contributed by atoms with E-state index < -0.39 is 11.8 Å². The number of hydrogen-bond acceptors (Lipinski definition) is 6. The second-order valence-corrected chi connectivity index (χ2v) is 8.93. The van der Waals surface area contributed by atoms with Crippen LogP contribution >= 0.6 is 11.3 Å². The molecule has 0 saturated carbocycles. The number of aromatic nitrogens is 3. The highest BCUT2D eigenvalue weighted by Crippen LogP contribution is 2.27. The molecule has 0 bridgehead atoms. The second kappa shape index (κ2) is 8.03. The fraction of sp³-hybridized carbons (Fsp3) is 0.0833. The average Bonchev–Trinajstić information content (AvgIpc) is 3.32. The lowest BCUT2D eigenvalue weighted by atomic mass is 10.2. The molecule has 0 aliphatic rings. The number of rotatable bonds is 6. The van der Waals surface area contributed by atoms with E-state index in [2.05, 4.69) is 22.4 Å². The summed E-state index contributed by atoms with van der Waals surface area (Å²) in [4.78, 5) is 32.3. The number of aryl methyl sites for hydroxylation is 1. The summed E-state index contributed by atoms with van der Waals surface area (Å²) in [6.45, 7) is 2.55. The third-order valence-corrected chi connectivity index (χ3v) is 6.29. The van der Waals surface area contributed by atoms with Crippen LogP contribution in [0, 0.1) is 6.92 Å². The molecule has 0 aliphatic heterocycles. The van der Waals surface area contributed by atoms with Crippen molar-refractivity contribution in [2.45, 2.75) is 13.5 Å². The molecule has 5 N–H and O–H groups in total. The van der Waals surface area contributed by atoms with Gasteiger partial charge in [0.05, 0.1) is 32.8 Å². The van der Waals surface area contributed by atoms with Gasteiger partial charge in [-0.3, -0.25) is 9.59 Å². The Morgan fingerprint density at radius 1 is 0.909 bits per heavy atom. The normalized spacial score (nSPS) is 11.2. The third kappa shape index (κ3) is 4.01. The van der Waals surface area contributed by atoms with Crippen molar-refractivity contribution in [1.82, 2.24) is 14.5 Å². The number of amides is 2. The molecule has 0 fully saturated rings. The van der Waals surface area contributed by atoms with Crippen molar-refractivity contribution in [2.24, 2.45) is 11.5 Å². The predicted molar refractivity (Wildman–Crippen MR) is 130 cm³/mol. The van der Waals surface area contributed by atoms with E-state index in [1.54, 1.807) is 47.7 Å². The Labute approximate surface area is 192 Å². The fourth-order valence-electron chi connectivity index (χ4n) is 3.75. The van der Waals surface area contributed by atoms with E-state index in [1.165, 1.54) is 0 Å². The summed E-state index contributed by atoms with van der Waals surface area (Å²) in [5.74, 6) is -0.394. The summed E-state index contributed by atoms with van der Waals surface area (Å²) >= 11 is 1.66. The number of thiazole rings is 1. The molecule has 0 atom stereocenters. The number of anilines is 2. The van der Waals surface area contributed by atoms with Crippen molar-refractivity contribution in [2.75, 3.05) is 5.32 Å². The van der Waals surface area contributed by atoms with Crippen LogP contribution in [0.4, 0.5) is 11.6 Å². The molecule has 0 aliphatic carbocycles. The molecule has 0 radical (unpaired) electrons. The number of nitrogens with two attached hydrogens (primary N) is 2. The quantitative estimate of drug-likeness (QED) is 0.356. The number of nitrogens with one attached hydrogen (secondary N) is 1. The molecule has 0 spiro atoms. The van der Waals surface area contributed by atoms with Crippen molar-refractivity contribution in [3.8, 4) is 0 Å². The lowest BCUT2D eigenvalue weighted by Crippen LogP contribution is -2.11. The topological polar surface area (TPSA) is 129 Å². The van der Waals surface area contributed by atoms with E-state index in [9.17, 15) is 9.59 Å². The first-order valence-electron chi connectivity index (χ1n) is 10.2. The molecule has 8 nitrogen and oxygen atoms in total. The van der Waals surface area contributed by atoms with Crippen LogP contribution in [0.25, 0.3) is 21.3 Å². The van der Waals surface area contributed by atoms with Crippen LogP contribution in [0.15, 0.2) is 60.7 Å². The molecule has 3 aromatic carbocycles. The van der Waals surface area contributed by atoms with Gasteiger partial charge >= 0.3 is 0 Å². The van der Waals surface area contributed by atoms with Crippen LogP contribution in [-0.2, 0) is 6.54 Å². The van der Waals surface area contributed by atoms with E-state index in [0.29, 0.717) is 29.1 Å². The Bertz CT molecular complexity index is 1530.